The molecule has 0 heterocycles. The van der Waals surface area contributed by atoms with Crippen molar-refractivity contribution in [3.05, 3.63) is 0 Å². The van der Waals surface area contributed by atoms with Crippen molar-refractivity contribution in [2.75, 3.05) is 46.7 Å². The van der Waals surface area contributed by atoms with Gasteiger partial charge in [-0.1, -0.05) is 13.8 Å². The van der Waals surface area contributed by atoms with Crippen molar-refractivity contribution >= 4 is 0 Å². The van der Waals surface area contributed by atoms with Crippen molar-refractivity contribution in [1.82, 2.24) is 5.32 Å². The minimum Gasteiger partial charge on any atom is -0.385 e. The number of hydrogen-bond acceptors (Lipinski definition) is 4. The van der Waals surface area contributed by atoms with Crippen LogP contribution in [0.4, 0.5) is 0 Å². The lowest BCUT2D eigenvalue weighted by atomic mass is 10.1. The molecule has 0 rings (SSSR count). The van der Waals surface area contributed by atoms with Gasteiger partial charge in [0.25, 0.3) is 0 Å². The van der Waals surface area contributed by atoms with Gasteiger partial charge in [-0.25, -0.2) is 0 Å². The van der Waals surface area contributed by atoms with Crippen LogP contribution in [0.25, 0.3) is 0 Å². The summed E-state index contributed by atoms with van der Waals surface area (Å²) in [6.07, 6.45) is 0.961. The Morgan fingerprint density at radius 1 is 1.06 bits per heavy atom. The SMILES string of the molecule is CCOCC(NCCOCCCOC)C(C)C. The summed E-state index contributed by atoms with van der Waals surface area (Å²) in [6, 6.07) is 0.414. The summed E-state index contributed by atoms with van der Waals surface area (Å²) in [5, 5.41) is 3.46. The van der Waals surface area contributed by atoms with Crippen LogP contribution in [-0.2, 0) is 14.2 Å². The molecule has 1 unspecified atom stereocenters. The fourth-order valence-corrected chi connectivity index (χ4v) is 1.46. The molecule has 1 N–H and O–H groups in total. The number of methoxy groups -OCH3 is 1. The second-order valence-electron chi connectivity index (χ2n) is 4.42. The Kier molecular flexibility index (Phi) is 12.2. The Bertz CT molecular complexity index is 154. The lowest BCUT2D eigenvalue weighted by Crippen LogP contribution is -2.39. The summed E-state index contributed by atoms with van der Waals surface area (Å²) in [4.78, 5) is 0. The third kappa shape index (κ3) is 10.7. The molecular weight excluding hydrogens is 218 g/mol. The molecule has 0 aromatic rings. The molecule has 0 aliphatic rings. The Balaban J connectivity index is 3.41. The first-order valence-electron chi connectivity index (χ1n) is 6.60. The van der Waals surface area contributed by atoms with Crippen LogP contribution < -0.4 is 5.32 Å². The highest BCUT2D eigenvalue weighted by molar-refractivity contribution is 4.69. The van der Waals surface area contributed by atoms with E-state index in [2.05, 4.69) is 19.2 Å². The van der Waals surface area contributed by atoms with E-state index in [1.54, 1.807) is 7.11 Å². The summed E-state index contributed by atoms with van der Waals surface area (Å²) in [7, 11) is 1.71. The molecule has 0 spiro atoms. The maximum Gasteiger partial charge on any atom is 0.0621 e. The maximum absolute atomic E-state index is 5.49. The fourth-order valence-electron chi connectivity index (χ4n) is 1.46. The topological polar surface area (TPSA) is 39.7 Å². The predicted octanol–water partition coefficient (Wildman–Crippen LogP) is 1.69. The molecule has 4 nitrogen and oxygen atoms in total. The molecule has 0 fully saturated rings. The van der Waals surface area contributed by atoms with Crippen LogP contribution in [-0.4, -0.2) is 52.7 Å². The predicted molar refractivity (Wildman–Crippen MR) is 70.4 cm³/mol. The van der Waals surface area contributed by atoms with Crippen LogP contribution >= 0.6 is 0 Å². The van der Waals surface area contributed by atoms with Gasteiger partial charge in [-0.3, -0.25) is 0 Å². The Morgan fingerprint density at radius 3 is 2.41 bits per heavy atom. The average molecular weight is 247 g/mol. The first-order valence-corrected chi connectivity index (χ1v) is 6.60. The van der Waals surface area contributed by atoms with Crippen LogP contribution in [0.3, 0.4) is 0 Å². The van der Waals surface area contributed by atoms with Crippen molar-refractivity contribution < 1.29 is 14.2 Å². The summed E-state index contributed by atoms with van der Waals surface area (Å²) in [6.45, 7) is 11.2. The van der Waals surface area contributed by atoms with Crippen LogP contribution in [0, 0.1) is 5.92 Å². The second kappa shape index (κ2) is 12.3. The number of hydrogen-bond donors (Lipinski definition) is 1. The van der Waals surface area contributed by atoms with Gasteiger partial charge in [-0.2, -0.15) is 0 Å². The van der Waals surface area contributed by atoms with E-state index in [1.807, 2.05) is 6.92 Å². The smallest absolute Gasteiger partial charge is 0.0621 e. The molecule has 0 saturated heterocycles. The van der Waals surface area contributed by atoms with Gasteiger partial charge in [0.15, 0.2) is 0 Å². The highest BCUT2D eigenvalue weighted by Crippen LogP contribution is 2.01. The molecule has 104 valence electrons. The standard InChI is InChI=1S/C13H29NO3/c1-5-16-11-13(12(2)3)14-7-10-17-9-6-8-15-4/h12-14H,5-11H2,1-4H3. The lowest BCUT2D eigenvalue weighted by Gasteiger charge is -2.22. The minimum absolute atomic E-state index is 0.414. The van der Waals surface area contributed by atoms with Crippen LogP contribution in [0.2, 0.25) is 0 Å². The first kappa shape index (κ1) is 16.8. The summed E-state index contributed by atoms with van der Waals surface area (Å²) >= 11 is 0. The average Bonchev–Trinajstić information content (AvgIpc) is 2.31. The third-order valence-electron chi connectivity index (χ3n) is 2.60. The summed E-state index contributed by atoms with van der Waals surface area (Å²) in [5.41, 5.74) is 0. The minimum atomic E-state index is 0.414. The normalized spacial score (nSPS) is 13.2. The number of nitrogens with one attached hydrogen (secondary N) is 1. The Morgan fingerprint density at radius 2 is 1.82 bits per heavy atom. The molecule has 0 aromatic carbocycles. The van der Waals surface area contributed by atoms with Crippen molar-refractivity contribution in [3.8, 4) is 0 Å². The van der Waals surface area contributed by atoms with Crippen molar-refractivity contribution in [1.29, 1.82) is 0 Å². The van der Waals surface area contributed by atoms with Gasteiger partial charge in [0.2, 0.25) is 0 Å². The zero-order valence-corrected chi connectivity index (χ0v) is 11.8. The van der Waals surface area contributed by atoms with Crippen molar-refractivity contribution in [3.63, 3.8) is 0 Å². The van der Waals surface area contributed by atoms with E-state index in [0.717, 1.165) is 46.0 Å². The number of ether oxygens (including phenoxy) is 3. The monoisotopic (exact) mass is 247 g/mol. The van der Waals surface area contributed by atoms with Gasteiger partial charge in [-0.05, 0) is 19.3 Å². The van der Waals surface area contributed by atoms with Gasteiger partial charge in [0, 0.05) is 39.5 Å². The Hall–Kier alpha value is -0.160. The van der Waals surface area contributed by atoms with Gasteiger partial charge in [-0.15, -0.1) is 0 Å². The van der Waals surface area contributed by atoms with Crippen molar-refractivity contribution in [2.45, 2.75) is 33.2 Å². The van der Waals surface area contributed by atoms with Crippen LogP contribution in [0.5, 0.6) is 0 Å². The highest BCUT2D eigenvalue weighted by Gasteiger charge is 2.11. The van der Waals surface area contributed by atoms with E-state index < -0.39 is 0 Å². The Labute approximate surface area is 106 Å². The molecule has 1 atom stereocenters. The highest BCUT2D eigenvalue weighted by atomic mass is 16.5. The first-order chi connectivity index (χ1) is 8.22. The second-order valence-corrected chi connectivity index (χ2v) is 4.42. The molecule has 0 radical (unpaired) electrons. The van der Waals surface area contributed by atoms with E-state index in [0.29, 0.717) is 12.0 Å². The largest absolute Gasteiger partial charge is 0.385 e. The van der Waals surface area contributed by atoms with Gasteiger partial charge < -0.3 is 19.5 Å². The molecule has 0 amide bonds. The fraction of sp³-hybridized carbons (Fsp3) is 1.00. The molecular formula is C13H29NO3. The number of rotatable bonds is 12. The molecule has 0 aliphatic carbocycles. The zero-order valence-electron chi connectivity index (χ0n) is 11.8. The van der Waals surface area contributed by atoms with Gasteiger partial charge in [0.1, 0.15) is 0 Å². The summed E-state index contributed by atoms with van der Waals surface area (Å²) in [5.74, 6) is 0.579. The quantitative estimate of drug-likeness (QED) is 0.533. The van der Waals surface area contributed by atoms with Crippen LogP contribution in [0.15, 0.2) is 0 Å². The van der Waals surface area contributed by atoms with Crippen LogP contribution in [0.1, 0.15) is 27.2 Å². The van der Waals surface area contributed by atoms with E-state index >= 15 is 0 Å². The van der Waals surface area contributed by atoms with Gasteiger partial charge >= 0.3 is 0 Å². The maximum atomic E-state index is 5.49. The van der Waals surface area contributed by atoms with E-state index in [-0.39, 0.29) is 0 Å². The summed E-state index contributed by atoms with van der Waals surface area (Å²) < 4.78 is 15.9. The third-order valence-corrected chi connectivity index (χ3v) is 2.60. The zero-order chi connectivity index (χ0) is 12.9. The molecule has 17 heavy (non-hydrogen) atoms. The molecule has 0 aromatic heterocycles. The van der Waals surface area contributed by atoms with Gasteiger partial charge in [0.05, 0.1) is 13.2 Å². The lowest BCUT2D eigenvalue weighted by molar-refractivity contribution is 0.0871. The van der Waals surface area contributed by atoms with Crippen molar-refractivity contribution in [2.24, 2.45) is 5.92 Å². The molecule has 0 saturated carbocycles. The molecule has 0 bridgehead atoms. The molecule has 0 aliphatic heterocycles. The van der Waals surface area contributed by atoms with E-state index in [4.69, 9.17) is 14.2 Å². The van der Waals surface area contributed by atoms with E-state index in [9.17, 15) is 0 Å². The molecule has 4 heteroatoms. The van der Waals surface area contributed by atoms with E-state index in [1.165, 1.54) is 0 Å².